The number of hydrogen-bond acceptors (Lipinski definition) is 11. The molecule has 2 aromatic carbocycles. The standard InChI is InChI=1S/C21H18O12/c22-9-2-1-7(3-10(9)23)4-13-15(25)14-11(24)5-8(6-12(14)32-13)31-21-18(28)16(26)17(27)19(33-21)20(29)30/h1-6,16-19,21-24,26-28H,(H,29,30)/b13-4+. The van der Waals surface area contributed by atoms with Gasteiger partial charge in [0.2, 0.25) is 12.1 Å². The maximum atomic E-state index is 12.6. The summed E-state index contributed by atoms with van der Waals surface area (Å²) in [5, 5.41) is 68.1. The summed E-state index contributed by atoms with van der Waals surface area (Å²) in [5.74, 6) is -4.12. The van der Waals surface area contributed by atoms with Gasteiger partial charge in [-0.25, -0.2) is 4.79 Å². The fraction of sp³-hybridized carbons (Fsp3) is 0.238. The maximum Gasteiger partial charge on any atom is 0.335 e. The summed E-state index contributed by atoms with van der Waals surface area (Å²) in [6, 6.07) is 5.99. The minimum Gasteiger partial charge on any atom is -0.507 e. The van der Waals surface area contributed by atoms with Crippen molar-refractivity contribution in [2.24, 2.45) is 0 Å². The minimum atomic E-state index is -1.90. The Balaban J connectivity index is 1.59. The van der Waals surface area contributed by atoms with Crippen LogP contribution in [0.5, 0.6) is 28.7 Å². The summed E-state index contributed by atoms with van der Waals surface area (Å²) in [7, 11) is 0. The lowest BCUT2D eigenvalue weighted by Crippen LogP contribution is -2.61. The zero-order valence-corrected chi connectivity index (χ0v) is 16.5. The number of aliphatic hydroxyl groups is 3. The van der Waals surface area contributed by atoms with Crippen LogP contribution in [0, 0.1) is 0 Å². The lowest BCUT2D eigenvalue weighted by molar-refractivity contribution is -0.271. The molecule has 174 valence electrons. The van der Waals surface area contributed by atoms with Gasteiger partial charge < -0.3 is 50.0 Å². The van der Waals surface area contributed by atoms with Crippen LogP contribution in [-0.2, 0) is 9.53 Å². The predicted octanol–water partition coefficient (Wildman–Crippen LogP) is -0.309. The number of ketones is 1. The highest BCUT2D eigenvalue weighted by Crippen LogP contribution is 2.42. The molecule has 2 aromatic rings. The monoisotopic (exact) mass is 462 g/mol. The third kappa shape index (κ3) is 4.03. The van der Waals surface area contributed by atoms with E-state index in [9.17, 15) is 40.2 Å². The summed E-state index contributed by atoms with van der Waals surface area (Å²) in [5.41, 5.74) is 0.129. The van der Waals surface area contributed by atoms with Crippen molar-refractivity contribution in [3.05, 3.63) is 47.2 Å². The lowest BCUT2D eigenvalue weighted by Gasteiger charge is -2.38. The average Bonchev–Trinajstić information content (AvgIpc) is 3.06. The predicted molar refractivity (Wildman–Crippen MR) is 106 cm³/mol. The SMILES string of the molecule is O=C1/C(=C\c2ccc(O)c(O)c2)Oc2cc(OC3OC(C(=O)O)C(O)C(O)C3O)cc(O)c21. The van der Waals surface area contributed by atoms with Gasteiger partial charge >= 0.3 is 5.97 Å². The first-order valence-electron chi connectivity index (χ1n) is 9.49. The number of hydrogen-bond donors (Lipinski definition) is 7. The number of aliphatic hydroxyl groups excluding tert-OH is 3. The Bertz CT molecular complexity index is 1160. The third-order valence-corrected chi connectivity index (χ3v) is 5.09. The molecule has 0 saturated carbocycles. The van der Waals surface area contributed by atoms with Crippen LogP contribution in [0.25, 0.3) is 6.08 Å². The second-order valence-electron chi connectivity index (χ2n) is 7.36. The first kappa shape index (κ1) is 22.4. The number of benzene rings is 2. The van der Waals surface area contributed by atoms with Gasteiger partial charge in [0.25, 0.3) is 0 Å². The van der Waals surface area contributed by atoms with E-state index in [0.29, 0.717) is 5.56 Å². The number of rotatable bonds is 4. The highest BCUT2D eigenvalue weighted by atomic mass is 16.7. The van der Waals surface area contributed by atoms with Gasteiger partial charge in [-0.15, -0.1) is 0 Å². The van der Waals surface area contributed by atoms with Crippen LogP contribution in [0.15, 0.2) is 36.1 Å². The van der Waals surface area contributed by atoms with E-state index in [1.165, 1.54) is 30.3 Å². The molecule has 33 heavy (non-hydrogen) atoms. The molecule has 0 bridgehead atoms. The number of ether oxygens (including phenoxy) is 3. The maximum absolute atomic E-state index is 12.6. The molecule has 0 amide bonds. The number of carbonyl (C=O) groups excluding carboxylic acids is 1. The summed E-state index contributed by atoms with van der Waals surface area (Å²) in [6.07, 6.45) is -7.96. The van der Waals surface area contributed by atoms with E-state index < -0.39 is 54.0 Å². The molecular weight excluding hydrogens is 444 g/mol. The van der Waals surface area contributed by atoms with Crippen molar-refractivity contribution < 1.29 is 59.5 Å². The Morgan fingerprint density at radius 1 is 0.939 bits per heavy atom. The number of carbonyl (C=O) groups is 2. The van der Waals surface area contributed by atoms with E-state index in [1.54, 1.807) is 0 Å². The van der Waals surface area contributed by atoms with Gasteiger partial charge in [-0.3, -0.25) is 4.79 Å². The summed E-state index contributed by atoms with van der Waals surface area (Å²) >= 11 is 0. The van der Waals surface area contributed by atoms with Gasteiger partial charge in [-0.05, 0) is 23.8 Å². The van der Waals surface area contributed by atoms with Gasteiger partial charge in [0, 0.05) is 12.1 Å². The molecule has 1 fully saturated rings. The number of fused-ring (bicyclic) bond motifs is 1. The molecule has 4 rings (SSSR count). The minimum absolute atomic E-state index is 0.120. The first-order valence-corrected chi connectivity index (χ1v) is 9.49. The number of aliphatic carboxylic acids is 1. The average molecular weight is 462 g/mol. The Morgan fingerprint density at radius 2 is 1.67 bits per heavy atom. The van der Waals surface area contributed by atoms with Crippen LogP contribution in [0.1, 0.15) is 15.9 Å². The number of phenolic OH excluding ortho intramolecular Hbond substituents is 3. The van der Waals surface area contributed by atoms with Crippen molar-refractivity contribution in [1.29, 1.82) is 0 Å². The van der Waals surface area contributed by atoms with Crippen LogP contribution in [-0.4, -0.2) is 78.2 Å². The summed E-state index contributed by atoms with van der Waals surface area (Å²) < 4.78 is 15.8. The van der Waals surface area contributed by atoms with Gasteiger partial charge in [-0.1, -0.05) is 6.07 Å². The smallest absolute Gasteiger partial charge is 0.335 e. The van der Waals surface area contributed by atoms with E-state index in [1.807, 2.05) is 0 Å². The highest BCUT2D eigenvalue weighted by molar-refractivity contribution is 6.16. The first-order chi connectivity index (χ1) is 15.6. The van der Waals surface area contributed by atoms with E-state index in [-0.39, 0.29) is 28.6 Å². The molecule has 12 heteroatoms. The quantitative estimate of drug-likeness (QED) is 0.231. The second kappa shape index (κ2) is 8.26. The number of aromatic hydroxyl groups is 3. The fourth-order valence-electron chi connectivity index (χ4n) is 3.40. The lowest BCUT2D eigenvalue weighted by atomic mass is 9.99. The number of Topliss-reactive ketones (excluding diaryl/α,β-unsaturated/α-hetero) is 1. The summed E-state index contributed by atoms with van der Waals surface area (Å²) in [4.78, 5) is 23.8. The van der Waals surface area contributed by atoms with Crippen molar-refractivity contribution >= 4 is 17.8 Å². The molecule has 0 radical (unpaired) electrons. The molecule has 0 aromatic heterocycles. The molecule has 12 nitrogen and oxygen atoms in total. The molecule has 5 unspecified atom stereocenters. The van der Waals surface area contributed by atoms with Crippen molar-refractivity contribution in [2.45, 2.75) is 30.7 Å². The Labute approximate surface area is 184 Å². The zero-order valence-electron chi connectivity index (χ0n) is 16.5. The van der Waals surface area contributed by atoms with Crippen molar-refractivity contribution in [2.75, 3.05) is 0 Å². The van der Waals surface area contributed by atoms with Gasteiger partial charge in [-0.2, -0.15) is 0 Å². The number of phenols is 3. The molecule has 0 aliphatic carbocycles. The van der Waals surface area contributed by atoms with Crippen molar-refractivity contribution in [3.63, 3.8) is 0 Å². The fourth-order valence-corrected chi connectivity index (χ4v) is 3.40. The van der Waals surface area contributed by atoms with Crippen LogP contribution >= 0.6 is 0 Å². The Morgan fingerprint density at radius 3 is 2.33 bits per heavy atom. The number of carboxylic acid groups (broad SMARTS) is 1. The van der Waals surface area contributed by atoms with Gasteiger partial charge in [0.1, 0.15) is 41.1 Å². The van der Waals surface area contributed by atoms with E-state index in [0.717, 1.165) is 6.07 Å². The van der Waals surface area contributed by atoms with Gasteiger partial charge in [0.05, 0.1) is 0 Å². The van der Waals surface area contributed by atoms with Crippen molar-refractivity contribution in [1.82, 2.24) is 0 Å². The Kier molecular flexibility index (Phi) is 5.59. The molecular formula is C21H18O12. The molecule has 2 heterocycles. The molecule has 0 spiro atoms. The number of allylic oxidation sites excluding steroid dienone is 1. The summed E-state index contributed by atoms with van der Waals surface area (Å²) in [6.45, 7) is 0. The molecule has 7 N–H and O–H groups in total. The van der Waals surface area contributed by atoms with Crippen LogP contribution < -0.4 is 9.47 Å². The molecule has 2 aliphatic rings. The highest BCUT2D eigenvalue weighted by Gasteiger charge is 2.48. The molecule has 1 saturated heterocycles. The molecule has 2 aliphatic heterocycles. The van der Waals surface area contributed by atoms with E-state index >= 15 is 0 Å². The largest absolute Gasteiger partial charge is 0.507 e. The van der Waals surface area contributed by atoms with Crippen LogP contribution in [0.2, 0.25) is 0 Å². The normalized spacial score (nSPS) is 27.8. The van der Waals surface area contributed by atoms with E-state index in [2.05, 4.69) is 0 Å². The molecule has 5 atom stereocenters. The zero-order chi connectivity index (χ0) is 24.0. The Hall–Kier alpha value is -3.84. The van der Waals surface area contributed by atoms with Crippen LogP contribution in [0.4, 0.5) is 0 Å². The second-order valence-corrected chi connectivity index (χ2v) is 7.36. The van der Waals surface area contributed by atoms with Gasteiger partial charge in [0.15, 0.2) is 23.4 Å². The van der Waals surface area contributed by atoms with Crippen molar-refractivity contribution in [3.8, 4) is 28.7 Å². The number of carboxylic acids is 1. The van der Waals surface area contributed by atoms with E-state index in [4.69, 9.17) is 19.3 Å². The third-order valence-electron chi connectivity index (χ3n) is 5.09. The van der Waals surface area contributed by atoms with Crippen LogP contribution in [0.3, 0.4) is 0 Å². The topological polar surface area (TPSA) is 203 Å².